The topological polar surface area (TPSA) is 55.4 Å². The van der Waals surface area contributed by atoms with E-state index >= 15 is 0 Å². The van der Waals surface area contributed by atoms with Crippen LogP contribution >= 0.6 is 11.8 Å². The molecule has 0 aromatic heterocycles. The van der Waals surface area contributed by atoms with Gasteiger partial charge in [0.2, 0.25) is 5.91 Å². The molecule has 5 heteroatoms. The molecule has 1 rings (SSSR count). The first-order valence-electron chi connectivity index (χ1n) is 7.51. The second-order valence-corrected chi connectivity index (χ2v) is 5.74. The Labute approximate surface area is 136 Å². The summed E-state index contributed by atoms with van der Waals surface area (Å²) in [5.41, 5.74) is 0.806. The first kappa shape index (κ1) is 18.3. The predicted octanol–water partition coefficient (Wildman–Crippen LogP) is 4.03. The predicted molar refractivity (Wildman–Crippen MR) is 91.1 cm³/mol. The average Bonchev–Trinajstić information content (AvgIpc) is 2.50. The second-order valence-electron chi connectivity index (χ2n) is 4.64. The second kappa shape index (κ2) is 10.9. The maximum absolute atomic E-state index is 11.7. The molecule has 1 aromatic carbocycles. The zero-order chi connectivity index (χ0) is 16.2. The summed E-state index contributed by atoms with van der Waals surface area (Å²) < 4.78 is 4.81. The minimum absolute atomic E-state index is 0.0474. The smallest absolute Gasteiger partial charge is 0.330 e. The summed E-state index contributed by atoms with van der Waals surface area (Å²) in [6.07, 6.45) is 5.67. The molecule has 1 aromatic rings. The molecule has 0 atom stereocenters. The monoisotopic (exact) mass is 321 g/mol. The number of unbranched alkanes of at least 4 members (excludes halogenated alkanes) is 1. The molecule has 0 unspecified atom stereocenters. The van der Waals surface area contributed by atoms with Gasteiger partial charge >= 0.3 is 5.97 Å². The number of anilines is 1. The van der Waals surface area contributed by atoms with Gasteiger partial charge in [-0.15, -0.1) is 11.8 Å². The van der Waals surface area contributed by atoms with E-state index in [9.17, 15) is 9.59 Å². The number of ether oxygens (including phenoxy) is 1. The number of hydrogen-bond donors (Lipinski definition) is 1. The number of carbonyl (C=O) groups is 2. The fourth-order valence-corrected chi connectivity index (χ4v) is 2.47. The largest absolute Gasteiger partial charge is 0.463 e. The van der Waals surface area contributed by atoms with Crippen LogP contribution in [0.4, 0.5) is 5.69 Å². The van der Waals surface area contributed by atoms with Crippen LogP contribution < -0.4 is 5.32 Å². The molecule has 0 saturated carbocycles. The van der Waals surface area contributed by atoms with Crippen LogP contribution in [0.2, 0.25) is 0 Å². The number of thioether (sulfide) groups is 1. The van der Waals surface area contributed by atoms with E-state index in [0.29, 0.717) is 18.8 Å². The van der Waals surface area contributed by atoms with Crippen molar-refractivity contribution in [2.75, 3.05) is 17.7 Å². The molecule has 22 heavy (non-hydrogen) atoms. The van der Waals surface area contributed by atoms with Crippen LogP contribution in [0, 0.1) is 0 Å². The Morgan fingerprint density at radius 2 is 2.14 bits per heavy atom. The molecule has 0 bridgehead atoms. The Kier molecular flexibility index (Phi) is 9.07. The Morgan fingerprint density at radius 1 is 1.32 bits per heavy atom. The van der Waals surface area contributed by atoms with Crippen molar-refractivity contribution in [1.29, 1.82) is 0 Å². The lowest BCUT2D eigenvalue weighted by Crippen LogP contribution is -2.10. The van der Waals surface area contributed by atoms with Gasteiger partial charge in [0.1, 0.15) is 0 Å². The van der Waals surface area contributed by atoms with Crippen molar-refractivity contribution < 1.29 is 14.3 Å². The summed E-state index contributed by atoms with van der Waals surface area (Å²) in [4.78, 5) is 23.9. The molecule has 0 radical (unpaired) electrons. The van der Waals surface area contributed by atoms with Gasteiger partial charge in [0.15, 0.2) is 0 Å². The highest BCUT2D eigenvalue weighted by Gasteiger charge is 2.02. The Balaban J connectivity index is 2.44. The zero-order valence-corrected chi connectivity index (χ0v) is 13.9. The van der Waals surface area contributed by atoms with Gasteiger partial charge in [-0.05, 0) is 31.5 Å². The summed E-state index contributed by atoms with van der Waals surface area (Å²) in [7, 11) is 0. The number of esters is 1. The molecule has 0 saturated heterocycles. The molecule has 0 aliphatic heterocycles. The van der Waals surface area contributed by atoms with Crippen LogP contribution in [0.25, 0.3) is 0 Å². The lowest BCUT2D eigenvalue weighted by atomic mass is 10.2. The minimum Gasteiger partial charge on any atom is -0.463 e. The van der Waals surface area contributed by atoms with Gasteiger partial charge in [-0.3, -0.25) is 4.79 Å². The normalized spacial score (nSPS) is 10.6. The molecule has 0 heterocycles. The fraction of sp³-hybridized carbons (Fsp3) is 0.412. The number of nitrogens with one attached hydrogen (secondary N) is 1. The zero-order valence-electron chi connectivity index (χ0n) is 13.1. The summed E-state index contributed by atoms with van der Waals surface area (Å²) in [6.45, 7) is 4.23. The van der Waals surface area contributed by atoms with Crippen molar-refractivity contribution in [2.45, 2.75) is 38.0 Å². The maximum Gasteiger partial charge on any atom is 0.330 e. The van der Waals surface area contributed by atoms with Gasteiger partial charge in [-0.1, -0.05) is 25.5 Å². The number of hydrogen-bond acceptors (Lipinski definition) is 4. The first-order valence-corrected chi connectivity index (χ1v) is 8.50. The standard InChI is InChI=1S/C17H23NO3S/c1-3-5-10-16(19)18-14-8-6-9-15(13-14)22-12-7-11-17(20)21-4-2/h6-9,11,13H,3-5,10,12H2,1-2H3,(H,18,19)/b11-7+. The fourth-order valence-electron chi connectivity index (χ4n) is 1.70. The minimum atomic E-state index is -0.319. The highest BCUT2D eigenvalue weighted by atomic mass is 32.2. The molecule has 1 N–H and O–H groups in total. The van der Waals surface area contributed by atoms with Gasteiger partial charge in [-0.2, -0.15) is 0 Å². The number of rotatable bonds is 9. The van der Waals surface area contributed by atoms with Crippen molar-refractivity contribution in [3.8, 4) is 0 Å². The highest BCUT2D eigenvalue weighted by molar-refractivity contribution is 7.99. The summed E-state index contributed by atoms with van der Waals surface area (Å²) in [6, 6.07) is 7.70. The van der Waals surface area contributed by atoms with Crippen LogP contribution in [0.15, 0.2) is 41.3 Å². The molecular weight excluding hydrogens is 298 g/mol. The van der Waals surface area contributed by atoms with Crippen LogP contribution in [-0.4, -0.2) is 24.2 Å². The van der Waals surface area contributed by atoms with Crippen molar-refractivity contribution in [3.63, 3.8) is 0 Å². The average molecular weight is 321 g/mol. The lowest BCUT2D eigenvalue weighted by Gasteiger charge is -2.06. The molecule has 0 aliphatic carbocycles. The van der Waals surface area contributed by atoms with Gasteiger partial charge in [-0.25, -0.2) is 4.79 Å². The van der Waals surface area contributed by atoms with Crippen LogP contribution in [0.3, 0.4) is 0 Å². The summed E-state index contributed by atoms with van der Waals surface area (Å²) in [5, 5.41) is 2.90. The van der Waals surface area contributed by atoms with Gasteiger partial charge in [0.05, 0.1) is 6.61 Å². The lowest BCUT2D eigenvalue weighted by molar-refractivity contribution is -0.137. The van der Waals surface area contributed by atoms with E-state index in [0.717, 1.165) is 23.4 Å². The number of benzene rings is 1. The number of carbonyl (C=O) groups excluding carboxylic acids is 2. The third-order valence-corrected chi connectivity index (χ3v) is 3.71. The van der Waals surface area contributed by atoms with Gasteiger partial charge in [0.25, 0.3) is 0 Å². The van der Waals surface area contributed by atoms with E-state index in [1.54, 1.807) is 24.8 Å². The molecule has 0 spiro atoms. The van der Waals surface area contributed by atoms with E-state index < -0.39 is 0 Å². The van der Waals surface area contributed by atoms with Crippen LogP contribution in [-0.2, 0) is 14.3 Å². The van der Waals surface area contributed by atoms with Crippen LogP contribution in [0.1, 0.15) is 33.1 Å². The highest BCUT2D eigenvalue weighted by Crippen LogP contribution is 2.22. The molecule has 0 fully saturated rings. The van der Waals surface area contributed by atoms with Crippen molar-refractivity contribution >= 4 is 29.3 Å². The molecule has 4 nitrogen and oxygen atoms in total. The molecular formula is C17H23NO3S. The number of amides is 1. The van der Waals surface area contributed by atoms with Crippen molar-refractivity contribution in [1.82, 2.24) is 0 Å². The van der Waals surface area contributed by atoms with Crippen molar-refractivity contribution in [2.24, 2.45) is 0 Å². The maximum atomic E-state index is 11.7. The van der Waals surface area contributed by atoms with Gasteiger partial charge in [0, 0.05) is 28.8 Å². The third-order valence-electron chi connectivity index (χ3n) is 2.76. The Bertz CT molecular complexity index is 514. The molecule has 120 valence electrons. The first-order chi connectivity index (χ1) is 10.7. The van der Waals surface area contributed by atoms with Crippen molar-refractivity contribution in [3.05, 3.63) is 36.4 Å². The Hall–Kier alpha value is -1.75. The Morgan fingerprint density at radius 3 is 2.86 bits per heavy atom. The van der Waals surface area contributed by atoms with E-state index in [1.165, 1.54) is 6.08 Å². The third kappa shape index (κ3) is 7.88. The summed E-state index contributed by atoms with van der Waals surface area (Å²) >= 11 is 1.59. The van der Waals surface area contributed by atoms with Crippen LogP contribution in [0.5, 0.6) is 0 Å². The van der Waals surface area contributed by atoms with Gasteiger partial charge < -0.3 is 10.1 Å². The molecule has 0 aliphatic rings. The SMILES string of the molecule is CCCCC(=O)Nc1cccc(SC/C=C/C(=O)OCC)c1. The van der Waals surface area contributed by atoms with E-state index in [2.05, 4.69) is 12.2 Å². The quantitative estimate of drug-likeness (QED) is 0.424. The van der Waals surface area contributed by atoms with E-state index in [1.807, 2.05) is 24.3 Å². The summed E-state index contributed by atoms with van der Waals surface area (Å²) in [5.74, 6) is 0.401. The molecule has 1 amide bonds. The van der Waals surface area contributed by atoms with E-state index in [-0.39, 0.29) is 11.9 Å². The van der Waals surface area contributed by atoms with E-state index in [4.69, 9.17) is 4.74 Å².